The maximum Gasteiger partial charge on any atom is 0.227 e. The molecule has 15 heavy (non-hydrogen) atoms. The van der Waals surface area contributed by atoms with Crippen LogP contribution >= 0.6 is 0 Å². The van der Waals surface area contributed by atoms with Crippen LogP contribution < -0.4 is 4.72 Å². The second-order valence-corrected chi connectivity index (χ2v) is 6.19. The first-order valence-electron chi connectivity index (χ1n) is 5.28. The molecule has 1 unspecified atom stereocenters. The molecule has 0 heterocycles. The Labute approximate surface area is 92.7 Å². The molecule has 1 atom stereocenters. The van der Waals surface area contributed by atoms with Crippen LogP contribution in [0, 0.1) is 17.2 Å². The van der Waals surface area contributed by atoms with Crippen molar-refractivity contribution >= 4 is 10.0 Å². The summed E-state index contributed by atoms with van der Waals surface area (Å²) in [7, 11) is -3.42. The minimum absolute atomic E-state index is 0.432. The van der Waals surface area contributed by atoms with Gasteiger partial charge < -0.3 is 0 Å². The molecule has 0 aliphatic rings. The van der Waals surface area contributed by atoms with Crippen LogP contribution in [0.4, 0.5) is 0 Å². The lowest BCUT2D eigenvalue weighted by atomic mass is 10.1. The van der Waals surface area contributed by atoms with Crippen LogP contribution in [0.25, 0.3) is 0 Å². The van der Waals surface area contributed by atoms with Crippen LogP contribution in [0.3, 0.4) is 0 Å². The van der Waals surface area contributed by atoms with Crippen molar-refractivity contribution in [3.63, 3.8) is 0 Å². The van der Waals surface area contributed by atoms with Crippen LogP contribution in [0.2, 0.25) is 0 Å². The Hall–Kier alpha value is -0.600. The van der Waals surface area contributed by atoms with Gasteiger partial charge in [-0.1, -0.05) is 26.7 Å². The smallest absolute Gasteiger partial charge is 0.214 e. The van der Waals surface area contributed by atoms with Crippen molar-refractivity contribution in [2.24, 2.45) is 5.92 Å². The average molecular weight is 232 g/mol. The maximum atomic E-state index is 11.3. The van der Waals surface area contributed by atoms with Gasteiger partial charge >= 0.3 is 0 Å². The third kappa shape index (κ3) is 6.47. The highest BCUT2D eigenvalue weighted by Crippen LogP contribution is 2.05. The molecule has 1 N–H and O–H groups in total. The van der Waals surface area contributed by atoms with Crippen molar-refractivity contribution in [1.29, 1.82) is 5.26 Å². The zero-order valence-electron chi connectivity index (χ0n) is 9.66. The zero-order valence-corrected chi connectivity index (χ0v) is 10.5. The van der Waals surface area contributed by atoms with E-state index < -0.39 is 15.3 Å². The lowest BCUT2D eigenvalue weighted by Gasteiger charge is -2.08. The van der Waals surface area contributed by atoms with Crippen molar-refractivity contribution in [1.82, 2.24) is 4.72 Å². The topological polar surface area (TPSA) is 70.0 Å². The first kappa shape index (κ1) is 14.4. The van der Waals surface area contributed by atoms with Crippen LogP contribution in [0.15, 0.2) is 0 Å². The number of hydrogen-bond acceptors (Lipinski definition) is 3. The molecule has 0 fully saturated rings. The average Bonchev–Trinajstić information content (AvgIpc) is 2.15. The summed E-state index contributed by atoms with van der Waals surface area (Å²) >= 11 is 0. The van der Waals surface area contributed by atoms with Gasteiger partial charge in [0.25, 0.3) is 0 Å². The highest BCUT2D eigenvalue weighted by Gasteiger charge is 2.18. The fourth-order valence-electron chi connectivity index (χ4n) is 1.09. The first-order chi connectivity index (χ1) is 6.90. The summed E-state index contributed by atoms with van der Waals surface area (Å²) in [5, 5.41) is 7.51. The summed E-state index contributed by atoms with van der Waals surface area (Å²) in [6.07, 6.45) is 2.95. The zero-order chi connectivity index (χ0) is 11.9. The van der Waals surface area contributed by atoms with Gasteiger partial charge in [0.1, 0.15) is 0 Å². The summed E-state index contributed by atoms with van der Waals surface area (Å²) < 4.78 is 25.1. The molecular formula is C10H20N2O2S. The molecular weight excluding hydrogens is 212 g/mol. The summed E-state index contributed by atoms with van der Waals surface area (Å²) in [6.45, 7) is 6.10. The minimum atomic E-state index is -3.42. The maximum absolute atomic E-state index is 11.3. The standard InChI is InChI=1S/C10H20N2O2S/c1-9(2)6-4-5-7-12-15(13,14)10(3)8-11/h9-10,12H,4-7H2,1-3H3. The van der Waals surface area contributed by atoms with E-state index >= 15 is 0 Å². The Morgan fingerprint density at radius 2 is 1.87 bits per heavy atom. The Morgan fingerprint density at radius 1 is 1.27 bits per heavy atom. The number of unbranched alkanes of at least 4 members (excludes halogenated alkanes) is 1. The summed E-state index contributed by atoms with van der Waals surface area (Å²) in [5.41, 5.74) is 0. The van der Waals surface area contributed by atoms with Crippen LogP contribution in [0.1, 0.15) is 40.0 Å². The normalized spacial score (nSPS) is 13.8. The molecule has 0 aromatic carbocycles. The summed E-state index contributed by atoms with van der Waals surface area (Å²) in [5.74, 6) is 0.652. The second kappa shape index (κ2) is 6.81. The fraction of sp³-hybridized carbons (Fsp3) is 0.900. The van der Waals surface area contributed by atoms with Gasteiger partial charge in [-0.2, -0.15) is 5.26 Å². The van der Waals surface area contributed by atoms with E-state index in [2.05, 4.69) is 18.6 Å². The van der Waals surface area contributed by atoms with Gasteiger partial charge in [-0.25, -0.2) is 13.1 Å². The van der Waals surface area contributed by atoms with E-state index in [1.54, 1.807) is 6.07 Å². The molecule has 0 bridgehead atoms. The summed E-state index contributed by atoms with van der Waals surface area (Å²) in [4.78, 5) is 0. The van der Waals surface area contributed by atoms with Gasteiger partial charge in [0.05, 0.1) is 6.07 Å². The highest BCUT2D eigenvalue weighted by atomic mass is 32.2. The van der Waals surface area contributed by atoms with Crippen molar-refractivity contribution in [2.75, 3.05) is 6.54 Å². The molecule has 0 amide bonds. The van der Waals surface area contributed by atoms with E-state index in [-0.39, 0.29) is 0 Å². The lowest BCUT2D eigenvalue weighted by molar-refractivity contribution is 0.530. The molecule has 0 spiro atoms. The molecule has 4 nitrogen and oxygen atoms in total. The van der Waals surface area contributed by atoms with Crippen LogP contribution in [-0.2, 0) is 10.0 Å². The first-order valence-corrected chi connectivity index (χ1v) is 6.83. The molecule has 88 valence electrons. The van der Waals surface area contributed by atoms with Crippen molar-refractivity contribution in [3.8, 4) is 6.07 Å². The van der Waals surface area contributed by atoms with E-state index in [9.17, 15) is 8.42 Å². The number of rotatable bonds is 7. The molecule has 0 aliphatic heterocycles. The van der Waals surface area contributed by atoms with Crippen molar-refractivity contribution in [3.05, 3.63) is 0 Å². The Kier molecular flexibility index (Phi) is 6.53. The van der Waals surface area contributed by atoms with E-state index in [1.807, 2.05) is 0 Å². The molecule has 5 heteroatoms. The van der Waals surface area contributed by atoms with Gasteiger partial charge in [-0.05, 0) is 19.3 Å². The molecule has 0 rings (SSSR count). The van der Waals surface area contributed by atoms with Gasteiger partial charge in [-0.3, -0.25) is 0 Å². The van der Waals surface area contributed by atoms with Gasteiger partial charge in [0.15, 0.2) is 5.25 Å². The molecule has 0 saturated carbocycles. The third-order valence-corrected chi connectivity index (χ3v) is 3.80. The minimum Gasteiger partial charge on any atom is -0.214 e. The monoisotopic (exact) mass is 232 g/mol. The second-order valence-electron chi connectivity index (χ2n) is 4.10. The number of hydrogen-bond donors (Lipinski definition) is 1. The van der Waals surface area contributed by atoms with Gasteiger partial charge in [-0.15, -0.1) is 0 Å². The fourth-order valence-corrected chi connectivity index (χ4v) is 1.90. The number of nitrogens with zero attached hydrogens (tertiary/aromatic N) is 1. The Balaban J connectivity index is 3.74. The Morgan fingerprint density at radius 3 is 2.33 bits per heavy atom. The highest BCUT2D eigenvalue weighted by molar-refractivity contribution is 7.90. The van der Waals surface area contributed by atoms with E-state index in [1.165, 1.54) is 6.92 Å². The van der Waals surface area contributed by atoms with Crippen molar-refractivity contribution in [2.45, 2.75) is 45.3 Å². The van der Waals surface area contributed by atoms with E-state index in [4.69, 9.17) is 5.26 Å². The van der Waals surface area contributed by atoms with E-state index in [0.717, 1.165) is 19.3 Å². The lowest BCUT2D eigenvalue weighted by Crippen LogP contribution is -2.32. The van der Waals surface area contributed by atoms with Gasteiger partial charge in [0, 0.05) is 6.54 Å². The Bertz CT molecular complexity index is 304. The van der Waals surface area contributed by atoms with Crippen molar-refractivity contribution < 1.29 is 8.42 Å². The largest absolute Gasteiger partial charge is 0.227 e. The SMILES string of the molecule is CC(C)CCCCNS(=O)(=O)C(C)C#N. The van der Waals surface area contributed by atoms with Gasteiger partial charge in [0.2, 0.25) is 10.0 Å². The molecule has 0 aliphatic carbocycles. The predicted molar refractivity (Wildman–Crippen MR) is 60.7 cm³/mol. The number of sulfonamides is 1. The molecule has 0 radical (unpaired) electrons. The van der Waals surface area contributed by atoms with E-state index in [0.29, 0.717) is 12.5 Å². The molecule has 0 aromatic heterocycles. The van der Waals surface area contributed by atoms with Crippen LogP contribution in [0.5, 0.6) is 0 Å². The predicted octanol–water partition coefficient (Wildman–Crippen LogP) is 1.64. The number of nitriles is 1. The third-order valence-electron chi connectivity index (χ3n) is 2.16. The molecule has 0 aromatic rings. The quantitative estimate of drug-likeness (QED) is 0.678. The summed E-state index contributed by atoms with van der Waals surface area (Å²) in [6, 6.07) is 1.71. The number of nitrogens with one attached hydrogen (secondary N) is 1. The molecule has 0 saturated heterocycles. The van der Waals surface area contributed by atoms with Crippen LogP contribution in [-0.4, -0.2) is 20.2 Å².